The zero-order chi connectivity index (χ0) is 13.1. The monoisotopic (exact) mass is 310 g/mol. The molecule has 0 bridgehead atoms. The van der Waals surface area contributed by atoms with Gasteiger partial charge in [-0.15, -0.1) is 0 Å². The van der Waals surface area contributed by atoms with E-state index in [1.165, 1.54) is 0 Å². The standard InChI is InChI=1S/C13H15BrN2O2/c1-8-6-10(2-3-11(8)14)16-13(18)9-4-5-15-12(17)7-9/h2-3,6,9H,4-5,7H2,1H3,(H,15,17)(H,16,18). The Kier molecular flexibility index (Phi) is 4.01. The van der Waals surface area contributed by atoms with Crippen LogP contribution in [0.15, 0.2) is 22.7 Å². The molecule has 18 heavy (non-hydrogen) atoms. The Morgan fingerprint density at radius 1 is 1.50 bits per heavy atom. The second-order valence-corrected chi connectivity index (χ2v) is 5.35. The van der Waals surface area contributed by atoms with Crippen LogP contribution in [0.3, 0.4) is 0 Å². The molecule has 4 nitrogen and oxygen atoms in total. The second-order valence-electron chi connectivity index (χ2n) is 4.49. The van der Waals surface area contributed by atoms with Crippen LogP contribution in [0.25, 0.3) is 0 Å². The molecule has 1 saturated heterocycles. The minimum absolute atomic E-state index is 0.0478. The highest BCUT2D eigenvalue weighted by Gasteiger charge is 2.25. The lowest BCUT2D eigenvalue weighted by Crippen LogP contribution is -2.38. The van der Waals surface area contributed by atoms with Crippen LogP contribution in [0.4, 0.5) is 5.69 Å². The Labute approximate surface area is 114 Å². The quantitative estimate of drug-likeness (QED) is 0.880. The molecule has 0 spiro atoms. The summed E-state index contributed by atoms with van der Waals surface area (Å²) in [5.41, 5.74) is 1.83. The number of halogens is 1. The fraction of sp³-hybridized carbons (Fsp3) is 0.385. The molecule has 1 aliphatic rings. The SMILES string of the molecule is Cc1cc(NC(=O)C2CCNC(=O)C2)ccc1Br. The van der Waals surface area contributed by atoms with Crippen molar-refractivity contribution in [1.82, 2.24) is 5.32 Å². The summed E-state index contributed by atoms with van der Waals surface area (Å²) in [6, 6.07) is 5.65. The van der Waals surface area contributed by atoms with Crippen molar-refractivity contribution >= 4 is 33.4 Å². The molecule has 1 heterocycles. The van der Waals surface area contributed by atoms with Crippen molar-refractivity contribution < 1.29 is 9.59 Å². The molecule has 0 aliphatic carbocycles. The van der Waals surface area contributed by atoms with Gasteiger partial charge in [0.15, 0.2) is 0 Å². The summed E-state index contributed by atoms with van der Waals surface area (Å²) in [5, 5.41) is 5.58. The molecule has 96 valence electrons. The van der Waals surface area contributed by atoms with Gasteiger partial charge < -0.3 is 10.6 Å². The molecular formula is C13H15BrN2O2. The van der Waals surface area contributed by atoms with E-state index < -0.39 is 0 Å². The largest absolute Gasteiger partial charge is 0.356 e. The number of amides is 2. The molecule has 0 radical (unpaired) electrons. The van der Waals surface area contributed by atoms with Crippen molar-refractivity contribution in [2.24, 2.45) is 5.92 Å². The highest BCUT2D eigenvalue weighted by atomic mass is 79.9. The van der Waals surface area contributed by atoms with Crippen molar-refractivity contribution in [2.75, 3.05) is 11.9 Å². The number of benzene rings is 1. The highest BCUT2D eigenvalue weighted by molar-refractivity contribution is 9.10. The van der Waals surface area contributed by atoms with Crippen LogP contribution >= 0.6 is 15.9 Å². The van der Waals surface area contributed by atoms with Gasteiger partial charge in [-0.3, -0.25) is 9.59 Å². The maximum Gasteiger partial charge on any atom is 0.228 e. The Balaban J connectivity index is 2.02. The normalized spacial score (nSPS) is 19.2. The van der Waals surface area contributed by atoms with Gasteiger partial charge in [0.2, 0.25) is 11.8 Å². The van der Waals surface area contributed by atoms with Crippen molar-refractivity contribution in [3.05, 3.63) is 28.2 Å². The molecule has 5 heteroatoms. The van der Waals surface area contributed by atoms with Gasteiger partial charge >= 0.3 is 0 Å². The summed E-state index contributed by atoms with van der Waals surface area (Å²) in [6.07, 6.45) is 0.981. The molecule has 1 atom stereocenters. The third kappa shape index (κ3) is 3.10. The van der Waals surface area contributed by atoms with Crippen LogP contribution in [0.1, 0.15) is 18.4 Å². The first-order valence-corrected chi connectivity index (χ1v) is 6.69. The van der Waals surface area contributed by atoms with Gasteiger partial charge in [-0.25, -0.2) is 0 Å². The fourth-order valence-electron chi connectivity index (χ4n) is 1.97. The zero-order valence-corrected chi connectivity index (χ0v) is 11.7. The lowest BCUT2D eigenvalue weighted by molar-refractivity contribution is -0.129. The van der Waals surface area contributed by atoms with Crippen LogP contribution in [0, 0.1) is 12.8 Å². The van der Waals surface area contributed by atoms with Crippen LogP contribution < -0.4 is 10.6 Å². The topological polar surface area (TPSA) is 58.2 Å². The number of carbonyl (C=O) groups excluding carboxylic acids is 2. The van der Waals surface area contributed by atoms with E-state index in [0.717, 1.165) is 15.7 Å². The van der Waals surface area contributed by atoms with Crippen molar-refractivity contribution in [3.8, 4) is 0 Å². The molecule has 1 unspecified atom stereocenters. The number of anilines is 1. The van der Waals surface area contributed by atoms with Crippen LogP contribution in [-0.2, 0) is 9.59 Å². The molecule has 1 aliphatic heterocycles. The predicted molar refractivity (Wildman–Crippen MR) is 73.2 cm³/mol. The minimum Gasteiger partial charge on any atom is -0.356 e. The van der Waals surface area contributed by atoms with E-state index in [2.05, 4.69) is 26.6 Å². The smallest absolute Gasteiger partial charge is 0.228 e. The summed E-state index contributed by atoms with van der Waals surface area (Å²) in [7, 11) is 0. The average Bonchev–Trinajstić information content (AvgIpc) is 2.34. The number of carbonyl (C=O) groups is 2. The first-order valence-electron chi connectivity index (χ1n) is 5.90. The molecule has 0 saturated carbocycles. The van der Waals surface area contributed by atoms with Gasteiger partial charge in [0, 0.05) is 29.0 Å². The molecule has 2 rings (SSSR count). The number of hydrogen-bond acceptors (Lipinski definition) is 2. The highest BCUT2D eigenvalue weighted by Crippen LogP contribution is 2.21. The molecule has 1 aromatic carbocycles. The summed E-state index contributed by atoms with van der Waals surface area (Å²) >= 11 is 3.41. The lowest BCUT2D eigenvalue weighted by atomic mass is 9.96. The van der Waals surface area contributed by atoms with Gasteiger partial charge in [-0.1, -0.05) is 15.9 Å². The van der Waals surface area contributed by atoms with Crippen LogP contribution in [0.5, 0.6) is 0 Å². The van der Waals surface area contributed by atoms with Crippen LogP contribution in [-0.4, -0.2) is 18.4 Å². The van der Waals surface area contributed by atoms with E-state index in [1.54, 1.807) is 0 Å². The first kappa shape index (κ1) is 13.1. The molecular weight excluding hydrogens is 296 g/mol. The number of rotatable bonds is 2. The van der Waals surface area contributed by atoms with Gasteiger partial charge in [0.1, 0.15) is 0 Å². The van der Waals surface area contributed by atoms with Crippen molar-refractivity contribution in [1.29, 1.82) is 0 Å². The van der Waals surface area contributed by atoms with Crippen molar-refractivity contribution in [2.45, 2.75) is 19.8 Å². The van der Waals surface area contributed by atoms with E-state index in [9.17, 15) is 9.59 Å². The van der Waals surface area contributed by atoms with Gasteiger partial charge in [-0.2, -0.15) is 0 Å². The Morgan fingerprint density at radius 2 is 2.28 bits per heavy atom. The van der Waals surface area contributed by atoms with E-state index in [1.807, 2.05) is 25.1 Å². The summed E-state index contributed by atoms with van der Waals surface area (Å²) < 4.78 is 1.01. The Morgan fingerprint density at radius 3 is 2.94 bits per heavy atom. The number of piperidine rings is 1. The predicted octanol–water partition coefficient (Wildman–Crippen LogP) is 2.22. The maximum atomic E-state index is 12.0. The third-order valence-corrected chi connectivity index (χ3v) is 3.93. The van der Waals surface area contributed by atoms with E-state index in [0.29, 0.717) is 13.0 Å². The number of hydrogen-bond donors (Lipinski definition) is 2. The van der Waals surface area contributed by atoms with Gasteiger partial charge in [0.05, 0.1) is 0 Å². The van der Waals surface area contributed by atoms with E-state index in [4.69, 9.17) is 0 Å². The average molecular weight is 311 g/mol. The van der Waals surface area contributed by atoms with Crippen LogP contribution in [0.2, 0.25) is 0 Å². The number of nitrogens with one attached hydrogen (secondary N) is 2. The molecule has 1 fully saturated rings. The van der Waals surface area contributed by atoms with E-state index >= 15 is 0 Å². The second kappa shape index (κ2) is 5.52. The number of aryl methyl sites for hydroxylation is 1. The minimum atomic E-state index is -0.220. The van der Waals surface area contributed by atoms with E-state index in [-0.39, 0.29) is 24.2 Å². The summed E-state index contributed by atoms with van der Waals surface area (Å²) in [4.78, 5) is 23.2. The lowest BCUT2D eigenvalue weighted by Gasteiger charge is -2.21. The molecule has 2 N–H and O–H groups in total. The summed E-state index contributed by atoms with van der Waals surface area (Å²) in [6.45, 7) is 2.55. The Hall–Kier alpha value is -1.36. The van der Waals surface area contributed by atoms with Gasteiger partial charge in [0.25, 0.3) is 0 Å². The van der Waals surface area contributed by atoms with Crippen molar-refractivity contribution in [3.63, 3.8) is 0 Å². The molecule has 0 aromatic heterocycles. The first-order chi connectivity index (χ1) is 8.56. The fourth-order valence-corrected chi connectivity index (χ4v) is 2.22. The Bertz CT molecular complexity index is 488. The molecule has 1 aromatic rings. The van der Waals surface area contributed by atoms with Gasteiger partial charge in [-0.05, 0) is 37.1 Å². The third-order valence-electron chi connectivity index (χ3n) is 3.04. The summed E-state index contributed by atoms with van der Waals surface area (Å²) in [5.74, 6) is -0.345. The zero-order valence-electron chi connectivity index (χ0n) is 10.1. The molecule has 2 amide bonds. The maximum absolute atomic E-state index is 12.0.